The van der Waals surface area contributed by atoms with Crippen molar-refractivity contribution in [3.63, 3.8) is 0 Å². The standard InChI is InChI=1S/C18H19N3O3/c1-21-11-15(13-6-2-3-7-16(13)21)17(22)14(9-19)18(23)20-10-12-5-4-8-24-12/h2-3,6-7,11-12,14H,4-5,8,10H2,1H3,(H,20,23)/t12-,14-/m1/s1. The van der Waals surface area contributed by atoms with Crippen LogP contribution in [0.4, 0.5) is 0 Å². The van der Waals surface area contributed by atoms with Crippen molar-refractivity contribution in [3.8, 4) is 6.07 Å². The second-order valence-electron chi connectivity index (χ2n) is 5.98. The van der Waals surface area contributed by atoms with Crippen molar-refractivity contribution >= 4 is 22.6 Å². The van der Waals surface area contributed by atoms with Crippen molar-refractivity contribution in [1.82, 2.24) is 9.88 Å². The Bertz CT molecular complexity index is 813. The van der Waals surface area contributed by atoms with E-state index < -0.39 is 17.6 Å². The Balaban J connectivity index is 1.78. The van der Waals surface area contributed by atoms with E-state index in [2.05, 4.69) is 5.32 Å². The molecule has 0 radical (unpaired) electrons. The molecule has 2 aromatic rings. The number of carbonyl (C=O) groups is 2. The molecule has 6 heteroatoms. The van der Waals surface area contributed by atoms with Crippen LogP contribution in [0.15, 0.2) is 30.5 Å². The Morgan fingerprint density at radius 1 is 1.46 bits per heavy atom. The number of carbonyl (C=O) groups excluding carboxylic acids is 2. The molecule has 1 aromatic carbocycles. The van der Waals surface area contributed by atoms with E-state index in [1.165, 1.54) is 0 Å². The van der Waals surface area contributed by atoms with Crippen LogP contribution in [0.1, 0.15) is 23.2 Å². The molecule has 0 saturated carbocycles. The van der Waals surface area contributed by atoms with Gasteiger partial charge in [0, 0.05) is 42.9 Å². The van der Waals surface area contributed by atoms with Crippen molar-refractivity contribution in [2.24, 2.45) is 13.0 Å². The zero-order valence-corrected chi connectivity index (χ0v) is 13.5. The lowest BCUT2D eigenvalue weighted by molar-refractivity contribution is -0.122. The van der Waals surface area contributed by atoms with Gasteiger partial charge in [0.05, 0.1) is 12.2 Å². The van der Waals surface area contributed by atoms with E-state index >= 15 is 0 Å². The van der Waals surface area contributed by atoms with Gasteiger partial charge in [0.25, 0.3) is 0 Å². The summed E-state index contributed by atoms with van der Waals surface area (Å²) in [5, 5.41) is 12.7. The fraction of sp³-hybridized carbons (Fsp3) is 0.389. The number of hydrogen-bond donors (Lipinski definition) is 1. The van der Waals surface area contributed by atoms with Gasteiger partial charge in [-0.2, -0.15) is 5.26 Å². The number of nitrogens with one attached hydrogen (secondary N) is 1. The number of Topliss-reactive ketones (excluding diaryl/α,β-unsaturated/α-hetero) is 1. The highest BCUT2D eigenvalue weighted by Crippen LogP contribution is 2.23. The number of benzene rings is 1. The zero-order chi connectivity index (χ0) is 17.1. The highest BCUT2D eigenvalue weighted by atomic mass is 16.5. The van der Waals surface area contributed by atoms with E-state index in [9.17, 15) is 14.9 Å². The summed E-state index contributed by atoms with van der Waals surface area (Å²) in [6, 6.07) is 9.27. The minimum atomic E-state index is -1.35. The molecule has 1 amide bonds. The van der Waals surface area contributed by atoms with Crippen LogP contribution in [-0.4, -0.2) is 35.5 Å². The number of nitrogens with zero attached hydrogens (tertiary/aromatic N) is 2. The molecule has 24 heavy (non-hydrogen) atoms. The molecule has 1 aromatic heterocycles. The molecule has 0 bridgehead atoms. The monoisotopic (exact) mass is 325 g/mol. The largest absolute Gasteiger partial charge is 0.376 e. The van der Waals surface area contributed by atoms with E-state index in [0.717, 1.165) is 23.7 Å². The summed E-state index contributed by atoms with van der Waals surface area (Å²) in [6.45, 7) is 1.02. The minimum Gasteiger partial charge on any atom is -0.376 e. The van der Waals surface area contributed by atoms with E-state index in [1.54, 1.807) is 6.20 Å². The molecule has 0 unspecified atom stereocenters. The highest BCUT2D eigenvalue weighted by molar-refractivity contribution is 6.17. The SMILES string of the molecule is Cn1cc(C(=O)[C@@H](C#N)C(=O)NC[C@H]2CCCO2)c2ccccc21. The van der Waals surface area contributed by atoms with Crippen LogP contribution in [0.3, 0.4) is 0 Å². The summed E-state index contributed by atoms with van der Waals surface area (Å²) in [7, 11) is 1.83. The molecule has 0 aliphatic carbocycles. The number of ether oxygens (including phenoxy) is 1. The van der Waals surface area contributed by atoms with Gasteiger partial charge in [-0.3, -0.25) is 9.59 Å². The van der Waals surface area contributed by atoms with Crippen LogP contribution in [0.25, 0.3) is 10.9 Å². The molecular weight excluding hydrogens is 306 g/mol. The van der Waals surface area contributed by atoms with Crippen LogP contribution in [0, 0.1) is 17.2 Å². The van der Waals surface area contributed by atoms with Crippen LogP contribution >= 0.6 is 0 Å². The molecular formula is C18H19N3O3. The number of aromatic nitrogens is 1. The van der Waals surface area contributed by atoms with Crippen molar-refractivity contribution in [2.75, 3.05) is 13.2 Å². The summed E-state index contributed by atoms with van der Waals surface area (Å²) in [5.41, 5.74) is 1.28. The molecule has 0 spiro atoms. The van der Waals surface area contributed by atoms with Crippen molar-refractivity contribution in [2.45, 2.75) is 18.9 Å². The second kappa shape index (κ2) is 6.85. The first-order valence-electron chi connectivity index (χ1n) is 7.99. The molecule has 3 rings (SSSR count). The minimum absolute atomic E-state index is 0.0269. The number of aryl methyl sites for hydroxylation is 1. The van der Waals surface area contributed by atoms with Crippen LogP contribution in [0.2, 0.25) is 0 Å². The Kier molecular flexibility index (Phi) is 4.63. The Labute approximate surface area is 140 Å². The maximum Gasteiger partial charge on any atom is 0.245 e. The van der Waals surface area contributed by atoms with Gasteiger partial charge in [0.1, 0.15) is 0 Å². The van der Waals surface area contributed by atoms with Crippen LogP contribution in [-0.2, 0) is 16.6 Å². The molecule has 1 saturated heterocycles. The van der Waals surface area contributed by atoms with E-state index in [4.69, 9.17) is 4.74 Å². The molecule has 1 aliphatic heterocycles. The summed E-state index contributed by atoms with van der Waals surface area (Å²) in [4.78, 5) is 25.0. The lowest BCUT2D eigenvalue weighted by Gasteiger charge is -2.12. The van der Waals surface area contributed by atoms with Gasteiger partial charge < -0.3 is 14.6 Å². The molecule has 1 aliphatic rings. The second-order valence-corrected chi connectivity index (χ2v) is 5.98. The smallest absolute Gasteiger partial charge is 0.245 e. The van der Waals surface area contributed by atoms with Gasteiger partial charge >= 0.3 is 0 Å². The maximum atomic E-state index is 12.7. The van der Waals surface area contributed by atoms with Gasteiger partial charge in [-0.05, 0) is 18.9 Å². The maximum absolute atomic E-state index is 12.7. The van der Waals surface area contributed by atoms with Crippen LogP contribution < -0.4 is 5.32 Å². The van der Waals surface area contributed by atoms with Crippen molar-refractivity contribution in [3.05, 3.63) is 36.0 Å². The number of ketones is 1. The zero-order valence-electron chi connectivity index (χ0n) is 13.5. The predicted molar refractivity (Wildman–Crippen MR) is 88.3 cm³/mol. The first-order valence-corrected chi connectivity index (χ1v) is 7.99. The Hall–Kier alpha value is -2.65. The number of para-hydroxylation sites is 1. The third-order valence-corrected chi connectivity index (χ3v) is 4.34. The molecule has 1 N–H and O–H groups in total. The van der Waals surface area contributed by atoms with Gasteiger partial charge in [-0.1, -0.05) is 18.2 Å². The number of amides is 1. The Morgan fingerprint density at radius 2 is 2.25 bits per heavy atom. The summed E-state index contributed by atoms with van der Waals surface area (Å²) in [6.07, 6.45) is 3.50. The highest BCUT2D eigenvalue weighted by Gasteiger charge is 2.30. The average molecular weight is 325 g/mol. The Morgan fingerprint density at radius 3 is 2.96 bits per heavy atom. The molecule has 1 fully saturated rings. The van der Waals surface area contributed by atoms with Gasteiger partial charge in [-0.25, -0.2) is 0 Å². The molecule has 2 atom stereocenters. The summed E-state index contributed by atoms with van der Waals surface area (Å²) < 4.78 is 7.26. The van der Waals surface area contributed by atoms with Gasteiger partial charge in [0.2, 0.25) is 5.91 Å². The molecule has 6 nitrogen and oxygen atoms in total. The first kappa shape index (κ1) is 16.2. The van der Waals surface area contributed by atoms with Crippen molar-refractivity contribution in [1.29, 1.82) is 5.26 Å². The summed E-state index contributed by atoms with van der Waals surface area (Å²) >= 11 is 0. The van der Waals surface area contributed by atoms with E-state index in [1.807, 2.05) is 41.9 Å². The number of rotatable bonds is 5. The van der Waals surface area contributed by atoms with E-state index in [0.29, 0.717) is 18.7 Å². The number of fused-ring (bicyclic) bond motifs is 1. The number of hydrogen-bond acceptors (Lipinski definition) is 4. The lowest BCUT2D eigenvalue weighted by atomic mass is 9.97. The quantitative estimate of drug-likeness (QED) is 0.671. The normalized spacial score (nSPS) is 18.2. The molecule has 2 heterocycles. The van der Waals surface area contributed by atoms with Crippen LogP contribution in [0.5, 0.6) is 0 Å². The fourth-order valence-electron chi connectivity index (χ4n) is 3.05. The summed E-state index contributed by atoms with van der Waals surface area (Å²) in [5.74, 6) is -2.39. The van der Waals surface area contributed by atoms with Gasteiger partial charge in [0.15, 0.2) is 11.7 Å². The predicted octanol–water partition coefficient (Wildman–Crippen LogP) is 1.80. The third-order valence-electron chi connectivity index (χ3n) is 4.34. The first-order chi connectivity index (χ1) is 11.6. The molecule has 124 valence electrons. The van der Waals surface area contributed by atoms with E-state index in [-0.39, 0.29) is 6.10 Å². The lowest BCUT2D eigenvalue weighted by Crippen LogP contribution is -2.38. The average Bonchev–Trinajstić information content (AvgIpc) is 3.22. The fourth-order valence-corrected chi connectivity index (χ4v) is 3.05. The third kappa shape index (κ3) is 3.03. The topological polar surface area (TPSA) is 84.1 Å². The van der Waals surface area contributed by atoms with Gasteiger partial charge in [-0.15, -0.1) is 0 Å². The number of nitriles is 1. The van der Waals surface area contributed by atoms with Crippen molar-refractivity contribution < 1.29 is 14.3 Å².